The summed E-state index contributed by atoms with van der Waals surface area (Å²) >= 11 is 5.88. The molecule has 8 aromatic rings. The highest BCUT2D eigenvalue weighted by Crippen LogP contribution is 2.37. The molecule has 2 N–H and O–H groups in total. The van der Waals surface area contributed by atoms with Crippen LogP contribution in [0.1, 0.15) is 20.7 Å². The van der Waals surface area contributed by atoms with Crippen LogP contribution in [0.3, 0.4) is 0 Å². The molecule has 0 bridgehead atoms. The number of benzene rings is 2. The minimum atomic E-state index is -1.07. The summed E-state index contributed by atoms with van der Waals surface area (Å²) in [6.45, 7) is 0. The van der Waals surface area contributed by atoms with Gasteiger partial charge < -0.3 is 10.2 Å². The fourth-order valence-electron chi connectivity index (χ4n) is 5.26. The van der Waals surface area contributed by atoms with E-state index in [1.165, 1.54) is 34.8 Å². The topological polar surface area (TPSA) is 109 Å². The molecule has 0 aliphatic carbocycles. The second-order valence-corrected chi connectivity index (χ2v) is 13.2. The van der Waals surface area contributed by atoms with E-state index in [1.807, 2.05) is 45.8 Å². The maximum Gasteiger partial charge on any atom is 0.336 e. The van der Waals surface area contributed by atoms with E-state index in [-0.39, 0.29) is 22.0 Å². The van der Waals surface area contributed by atoms with Crippen molar-refractivity contribution >= 4 is 99.0 Å². The zero-order valence-corrected chi connectivity index (χ0v) is 24.5. The summed E-state index contributed by atoms with van der Waals surface area (Å²) in [6.07, 6.45) is 0. The van der Waals surface area contributed by atoms with Crippen molar-refractivity contribution in [2.75, 3.05) is 0 Å². The lowest BCUT2D eigenvalue weighted by atomic mass is 9.96. The van der Waals surface area contributed by atoms with Gasteiger partial charge in [-0.15, -0.1) is 45.3 Å². The van der Waals surface area contributed by atoms with Crippen molar-refractivity contribution < 1.29 is 19.8 Å². The summed E-state index contributed by atoms with van der Waals surface area (Å²) in [7, 11) is 0. The van der Waals surface area contributed by atoms with E-state index in [9.17, 15) is 29.4 Å². The summed E-state index contributed by atoms with van der Waals surface area (Å²) in [6, 6.07) is 17.6. The first-order valence-corrected chi connectivity index (χ1v) is 16.0. The van der Waals surface area contributed by atoms with Crippen LogP contribution < -0.4 is 10.9 Å². The molecule has 42 heavy (non-hydrogen) atoms. The summed E-state index contributed by atoms with van der Waals surface area (Å²) in [5.41, 5.74) is 1.24. The number of fused-ring (bicyclic) bond motifs is 6. The van der Waals surface area contributed by atoms with E-state index in [4.69, 9.17) is 0 Å². The van der Waals surface area contributed by atoms with Gasteiger partial charge in [0.2, 0.25) is 0 Å². The Hall–Kier alpha value is -4.48. The summed E-state index contributed by atoms with van der Waals surface area (Å²) in [5, 5.41) is 31.3. The third-order valence-electron chi connectivity index (χ3n) is 7.15. The van der Waals surface area contributed by atoms with Gasteiger partial charge in [-0.25, -0.2) is 9.59 Å². The molecule has 0 atom stereocenters. The summed E-state index contributed by atoms with van der Waals surface area (Å²) in [5.74, 6) is -2.14. The van der Waals surface area contributed by atoms with Crippen molar-refractivity contribution in [2.45, 2.75) is 0 Å². The van der Waals surface area contributed by atoms with E-state index in [1.54, 1.807) is 46.9 Å². The molecule has 6 nitrogen and oxygen atoms in total. The summed E-state index contributed by atoms with van der Waals surface area (Å²) < 4.78 is 1.99. The number of carboxylic acid groups (broad SMARTS) is 2. The van der Waals surface area contributed by atoms with Gasteiger partial charge in [0.25, 0.3) is 0 Å². The lowest BCUT2D eigenvalue weighted by Crippen LogP contribution is -2.05. The van der Waals surface area contributed by atoms with Gasteiger partial charge in [-0.1, -0.05) is 12.1 Å². The first-order chi connectivity index (χ1) is 20.3. The van der Waals surface area contributed by atoms with Crippen molar-refractivity contribution in [1.82, 2.24) is 0 Å². The molecular weight excluding hydrogens is 609 g/mol. The predicted molar refractivity (Wildman–Crippen MR) is 174 cm³/mol. The van der Waals surface area contributed by atoms with Gasteiger partial charge in [-0.3, -0.25) is 9.59 Å². The number of aromatic carboxylic acids is 2. The molecule has 0 unspecified atom stereocenters. The minimum Gasteiger partial charge on any atom is -0.478 e. The molecule has 204 valence electrons. The number of rotatable bonds is 4. The van der Waals surface area contributed by atoms with Gasteiger partial charge in [0.1, 0.15) is 0 Å². The van der Waals surface area contributed by atoms with Crippen LogP contribution in [-0.4, -0.2) is 22.2 Å². The molecule has 4 aromatic heterocycles. The number of hydrogen-bond acceptors (Lipinski definition) is 8. The Labute approximate surface area is 252 Å². The monoisotopic (exact) mass is 624 g/mol. The molecule has 0 saturated heterocycles. The lowest BCUT2D eigenvalue weighted by molar-refractivity contribution is 0.0682. The van der Waals surface area contributed by atoms with Gasteiger partial charge in [-0.2, -0.15) is 0 Å². The minimum absolute atomic E-state index is 0.0801. The Balaban J connectivity index is 0.000000137. The van der Waals surface area contributed by atoms with Gasteiger partial charge in [-0.05, 0) is 70.1 Å². The van der Waals surface area contributed by atoms with Crippen LogP contribution >= 0.6 is 45.3 Å². The Morgan fingerprint density at radius 2 is 0.929 bits per heavy atom. The van der Waals surface area contributed by atoms with Crippen molar-refractivity contribution in [2.24, 2.45) is 0 Å². The number of carboxylic acids is 2. The fourth-order valence-corrected chi connectivity index (χ4v) is 8.62. The highest BCUT2D eigenvalue weighted by atomic mass is 32.1. The molecule has 0 fully saturated rings. The predicted octanol–water partition coefficient (Wildman–Crippen LogP) is 8.56. The van der Waals surface area contributed by atoms with E-state index in [2.05, 4.69) is 0 Å². The van der Waals surface area contributed by atoms with E-state index in [0.717, 1.165) is 51.5 Å². The molecule has 4 heterocycles. The molecule has 0 aliphatic heterocycles. The SMILES string of the molecule is O=C(O)c1cc(-c2cccs2)c(C(=O)O)cc1-c1cccs1.O=c1c2cc3c(cc2c2sccc12)c(=O)c1ccsc13. The first kappa shape index (κ1) is 26.4. The lowest BCUT2D eigenvalue weighted by Gasteiger charge is -2.10. The maximum absolute atomic E-state index is 12.4. The normalized spacial score (nSPS) is 11.4. The van der Waals surface area contributed by atoms with Crippen molar-refractivity contribution in [3.05, 3.63) is 114 Å². The molecule has 10 heteroatoms. The zero-order valence-electron chi connectivity index (χ0n) is 21.2. The Kier molecular flexibility index (Phi) is 6.36. The van der Waals surface area contributed by atoms with Crippen LogP contribution in [-0.2, 0) is 0 Å². The molecule has 0 amide bonds. The molecule has 0 radical (unpaired) electrons. The van der Waals surface area contributed by atoms with E-state index in [0.29, 0.717) is 11.1 Å². The second kappa shape index (κ2) is 10.1. The van der Waals surface area contributed by atoms with Crippen LogP contribution in [0.25, 0.3) is 62.6 Å². The highest BCUT2D eigenvalue weighted by Gasteiger charge is 2.21. The molecule has 0 spiro atoms. The average Bonchev–Trinajstić information content (AvgIpc) is 3.83. The van der Waals surface area contributed by atoms with Crippen molar-refractivity contribution in [1.29, 1.82) is 0 Å². The molecule has 4 aromatic carbocycles. The van der Waals surface area contributed by atoms with Gasteiger partial charge in [0.15, 0.2) is 10.9 Å². The van der Waals surface area contributed by atoms with Crippen LogP contribution in [0, 0.1) is 0 Å². The highest BCUT2D eigenvalue weighted by molar-refractivity contribution is 7.19. The molecule has 0 saturated carbocycles. The smallest absolute Gasteiger partial charge is 0.336 e. The average molecular weight is 625 g/mol. The fraction of sp³-hybridized carbons (Fsp3) is 0. The van der Waals surface area contributed by atoms with Crippen LogP contribution in [0.5, 0.6) is 0 Å². The van der Waals surface area contributed by atoms with E-state index < -0.39 is 11.9 Å². The standard InChI is InChI=1S/C16H10O4S2.C16H6O2S2/c17-15(18)11-8-10(14-4-2-6-22-14)12(16(19)20)7-9(11)13-3-1-5-21-13;17-13-7-1-3-19-15(7)11-6-10-12(5-9(11)13)16-8(14(10)18)2-4-20-16/h1-8H,(H,17,18)(H,19,20);1-6H. The Morgan fingerprint density at radius 1 is 0.500 bits per heavy atom. The van der Waals surface area contributed by atoms with Gasteiger partial charge in [0, 0.05) is 62.6 Å². The molecular formula is C32H16O6S4. The number of hydrogen-bond donors (Lipinski definition) is 2. The van der Waals surface area contributed by atoms with Crippen LogP contribution in [0.2, 0.25) is 0 Å². The first-order valence-electron chi connectivity index (χ1n) is 12.5. The van der Waals surface area contributed by atoms with Crippen molar-refractivity contribution in [3.63, 3.8) is 0 Å². The second-order valence-electron chi connectivity index (χ2n) is 9.44. The number of thiophene rings is 4. The quantitative estimate of drug-likeness (QED) is 0.203. The van der Waals surface area contributed by atoms with Gasteiger partial charge in [0.05, 0.1) is 11.1 Å². The van der Waals surface area contributed by atoms with E-state index >= 15 is 0 Å². The third-order valence-corrected chi connectivity index (χ3v) is 10.8. The van der Waals surface area contributed by atoms with Gasteiger partial charge >= 0.3 is 11.9 Å². The molecule has 0 aliphatic rings. The Morgan fingerprint density at radius 3 is 1.29 bits per heavy atom. The number of carbonyl (C=O) groups is 2. The maximum atomic E-state index is 12.4. The van der Waals surface area contributed by atoms with Crippen LogP contribution in [0.4, 0.5) is 0 Å². The Bertz CT molecular complexity index is 2230. The largest absolute Gasteiger partial charge is 0.478 e. The zero-order chi connectivity index (χ0) is 29.1. The van der Waals surface area contributed by atoms with Crippen LogP contribution in [0.15, 0.2) is 91.8 Å². The third kappa shape index (κ3) is 4.11. The van der Waals surface area contributed by atoms with Crippen molar-refractivity contribution in [3.8, 4) is 20.9 Å². The molecule has 8 rings (SSSR count). The summed E-state index contributed by atoms with van der Waals surface area (Å²) in [4.78, 5) is 49.4.